The van der Waals surface area contributed by atoms with E-state index >= 15 is 0 Å². The van der Waals surface area contributed by atoms with Crippen LogP contribution in [0.1, 0.15) is 29.4 Å². The van der Waals surface area contributed by atoms with Crippen LogP contribution < -0.4 is 9.46 Å². The Morgan fingerprint density at radius 3 is 2.65 bits per heavy atom. The lowest BCUT2D eigenvalue weighted by atomic mass is 10.1. The number of aryl methyl sites for hydroxylation is 2. The smallest absolute Gasteiger partial charge is 0.387 e. The van der Waals surface area contributed by atoms with Gasteiger partial charge >= 0.3 is 6.61 Å². The van der Waals surface area contributed by atoms with Gasteiger partial charge < -0.3 is 9.26 Å². The molecule has 1 saturated carbocycles. The number of nitrogens with zero attached hydrogens (tertiary/aromatic N) is 1. The molecule has 7 nitrogen and oxygen atoms in total. The standard InChI is InChI=1S/C16H16F2N2O5S/c1-8-14(9(2)25-19-8)26(22,23)20-15(21)12-7-11(12)10-5-3-4-6-13(10)24-16(17)18/h3-6,11-12,16H,7H2,1-2H3,(H,20,21)/t11-,12+/m1/s1. The minimum Gasteiger partial charge on any atom is -0.435 e. The first-order chi connectivity index (χ1) is 12.2. The van der Waals surface area contributed by atoms with Crippen molar-refractivity contribution in [3.8, 4) is 5.75 Å². The predicted octanol–water partition coefficient (Wildman–Crippen LogP) is 2.50. The lowest BCUT2D eigenvalue weighted by molar-refractivity contribution is -0.120. The van der Waals surface area contributed by atoms with E-state index in [0.717, 1.165) is 0 Å². The average molecular weight is 386 g/mol. The lowest BCUT2D eigenvalue weighted by Gasteiger charge is -2.10. The third kappa shape index (κ3) is 3.55. The Kier molecular flexibility index (Phi) is 4.70. The molecule has 1 heterocycles. The minimum atomic E-state index is -4.12. The van der Waals surface area contributed by atoms with Gasteiger partial charge in [0.05, 0.1) is 0 Å². The van der Waals surface area contributed by atoms with Crippen molar-refractivity contribution >= 4 is 15.9 Å². The van der Waals surface area contributed by atoms with E-state index in [4.69, 9.17) is 4.52 Å². The Labute approximate surface area is 148 Å². The zero-order valence-corrected chi connectivity index (χ0v) is 14.7. The third-order valence-corrected chi connectivity index (χ3v) is 5.72. The van der Waals surface area contributed by atoms with E-state index in [2.05, 4.69) is 9.89 Å². The molecule has 3 rings (SSSR count). The molecule has 2 aromatic rings. The van der Waals surface area contributed by atoms with E-state index in [1.165, 1.54) is 19.9 Å². The zero-order chi connectivity index (χ0) is 19.1. The van der Waals surface area contributed by atoms with Gasteiger partial charge in [0.1, 0.15) is 11.4 Å². The van der Waals surface area contributed by atoms with E-state index in [-0.39, 0.29) is 28.0 Å². The summed E-state index contributed by atoms with van der Waals surface area (Å²) in [4.78, 5) is 12.1. The quantitative estimate of drug-likeness (QED) is 0.819. The Morgan fingerprint density at radius 1 is 1.35 bits per heavy atom. The predicted molar refractivity (Wildman–Crippen MR) is 85.2 cm³/mol. The van der Waals surface area contributed by atoms with Crippen molar-refractivity contribution in [3.63, 3.8) is 0 Å². The Morgan fingerprint density at radius 2 is 2.04 bits per heavy atom. The molecule has 0 unspecified atom stereocenters. The van der Waals surface area contributed by atoms with Gasteiger partial charge in [-0.2, -0.15) is 8.78 Å². The van der Waals surface area contributed by atoms with Crippen molar-refractivity contribution in [2.24, 2.45) is 5.92 Å². The third-order valence-electron chi connectivity index (χ3n) is 4.13. The highest BCUT2D eigenvalue weighted by molar-refractivity contribution is 7.90. The fourth-order valence-corrected chi connectivity index (χ4v) is 4.30. The highest BCUT2D eigenvalue weighted by Crippen LogP contribution is 2.50. The van der Waals surface area contributed by atoms with Gasteiger partial charge in [0.2, 0.25) is 5.91 Å². The molecule has 1 amide bonds. The van der Waals surface area contributed by atoms with Gasteiger partial charge in [-0.25, -0.2) is 13.1 Å². The monoisotopic (exact) mass is 386 g/mol. The van der Waals surface area contributed by atoms with Crippen LogP contribution in [0.3, 0.4) is 0 Å². The van der Waals surface area contributed by atoms with Gasteiger partial charge in [0.15, 0.2) is 10.7 Å². The van der Waals surface area contributed by atoms with Gasteiger partial charge in [0.25, 0.3) is 10.0 Å². The van der Waals surface area contributed by atoms with E-state index < -0.39 is 28.5 Å². The normalized spacial score (nSPS) is 19.4. The molecule has 10 heteroatoms. The molecular weight excluding hydrogens is 370 g/mol. The minimum absolute atomic E-state index is 0.0172. The van der Waals surface area contributed by atoms with Crippen molar-refractivity contribution in [2.45, 2.75) is 37.7 Å². The Hall–Kier alpha value is -2.49. The van der Waals surface area contributed by atoms with E-state index in [1.54, 1.807) is 18.2 Å². The number of halogens is 2. The second-order valence-electron chi connectivity index (χ2n) is 5.99. The Bertz CT molecular complexity index is 922. The van der Waals surface area contributed by atoms with Gasteiger partial charge in [-0.15, -0.1) is 0 Å². The van der Waals surface area contributed by atoms with E-state index in [1.807, 2.05) is 4.72 Å². The Balaban J connectivity index is 1.74. The number of amides is 1. The largest absolute Gasteiger partial charge is 0.435 e. The SMILES string of the molecule is Cc1noc(C)c1S(=O)(=O)NC(=O)[C@H]1C[C@@H]1c1ccccc1OC(F)F. The molecule has 1 aromatic heterocycles. The summed E-state index contributed by atoms with van der Waals surface area (Å²) in [5, 5.41) is 3.56. The summed E-state index contributed by atoms with van der Waals surface area (Å²) in [5.74, 6) is -1.68. The topological polar surface area (TPSA) is 98.5 Å². The van der Waals surface area contributed by atoms with Crippen LogP contribution in [0.4, 0.5) is 8.78 Å². The summed E-state index contributed by atoms with van der Waals surface area (Å²) in [6, 6.07) is 6.15. The van der Waals surface area contributed by atoms with Gasteiger partial charge in [-0.05, 0) is 37.8 Å². The highest BCUT2D eigenvalue weighted by Gasteiger charge is 2.47. The number of rotatable bonds is 6. The summed E-state index contributed by atoms with van der Waals surface area (Å²) in [5.41, 5.74) is 0.591. The maximum absolute atomic E-state index is 12.5. The fraction of sp³-hybridized carbons (Fsp3) is 0.375. The number of hydrogen-bond acceptors (Lipinski definition) is 6. The number of carbonyl (C=O) groups is 1. The molecule has 1 aliphatic carbocycles. The summed E-state index contributed by atoms with van der Waals surface area (Å²) in [6.07, 6.45) is 0.340. The van der Waals surface area contributed by atoms with Crippen LogP contribution in [0.5, 0.6) is 5.75 Å². The first-order valence-corrected chi connectivity index (χ1v) is 9.22. The summed E-state index contributed by atoms with van der Waals surface area (Å²) >= 11 is 0. The van der Waals surface area contributed by atoms with Crippen molar-refractivity contribution in [1.29, 1.82) is 0 Å². The van der Waals surface area contributed by atoms with Crippen LogP contribution in [0, 0.1) is 19.8 Å². The summed E-state index contributed by atoms with van der Waals surface area (Å²) in [7, 11) is -4.12. The number of ether oxygens (including phenoxy) is 1. The molecule has 1 aromatic carbocycles. The molecule has 0 bridgehead atoms. The maximum atomic E-state index is 12.5. The molecule has 26 heavy (non-hydrogen) atoms. The van der Waals surface area contributed by atoms with Gasteiger partial charge in [-0.1, -0.05) is 23.4 Å². The number of aromatic nitrogens is 1. The maximum Gasteiger partial charge on any atom is 0.387 e. The molecule has 140 valence electrons. The van der Waals surface area contributed by atoms with Crippen molar-refractivity contribution in [1.82, 2.24) is 9.88 Å². The first kappa shape index (κ1) is 18.3. The van der Waals surface area contributed by atoms with Crippen LogP contribution in [-0.2, 0) is 14.8 Å². The van der Waals surface area contributed by atoms with E-state index in [9.17, 15) is 22.0 Å². The molecule has 1 fully saturated rings. The second kappa shape index (κ2) is 6.67. The zero-order valence-electron chi connectivity index (χ0n) is 13.9. The molecule has 2 atom stereocenters. The van der Waals surface area contributed by atoms with Crippen LogP contribution in [-0.4, -0.2) is 26.1 Å². The fourth-order valence-electron chi connectivity index (χ4n) is 2.94. The number of nitrogens with one attached hydrogen (secondary N) is 1. The van der Waals surface area contributed by atoms with Gasteiger partial charge in [0, 0.05) is 5.92 Å². The molecule has 0 saturated heterocycles. The lowest BCUT2D eigenvalue weighted by Crippen LogP contribution is -2.32. The van der Waals surface area contributed by atoms with Crippen LogP contribution in [0.2, 0.25) is 0 Å². The molecule has 0 aliphatic heterocycles. The molecule has 1 N–H and O–H groups in total. The molecule has 1 aliphatic rings. The average Bonchev–Trinajstić information content (AvgIpc) is 3.26. The van der Waals surface area contributed by atoms with E-state index in [0.29, 0.717) is 12.0 Å². The van der Waals surface area contributed by atoms with Crippen molar-refractivity contribution < 1.29 is 31.3 Å². The van der Waals surface area contributed by atoms with Crippen molar-refractivity contribution in [2.75, 3.05) is 0 Å². The summed E-state index contributed by atoms with van der Waals surface area (Å²) in [6.45, 7) is -0.105. The number of benzene rings is 1. The van der Waals surface area contributed by atoms with Crippen LogP contribution in [0.15, 0.2) is 33.7 Å². The number of sulfonamides is 1. The number of alkyl halides is 2. The van der Waals surface area contributed by atoms with Gasteiger partial charge in [-0.3, -0.25) is 4.79 Å². The molecule has 0 spiro atoms. The number of para-hydroxylation sites is 1. The van der Waals surface area contributed by atoms with Crippen LogP contribution in [0.25, 0.3) is 0 Å². The highest BCUT2D eigenvalue weighted by atomic mass is 32.2. The van der Waals surface area contributed by atoms with Crippen molar-refractivity contribution in [3.05, 3.63) is 41.3 Å². The molecule has 0 radical (unpaired) electrons. The number of carbonyl (C=O) groups excluding carboxylic acids is 1. The summed E-state index contributed by atoms with van der Waals surface area (Å²) < 4.78 is 61.0. The number of hydrogen-bond donors (Lipinski definition) is 1. The second-order valence-corrected chi connectivity index (χ2v) is 7.61. The molecular formula is C16H16F2N2O5S. The van der Waals surface area contributed by atoms with Crippen LogP contribution >= 0.6 is 0 Å². The first-order valence-electron chi connectivity index (χ1n) is 7.74.